The summed E-state index contributed by atoms with van der Waals surface area (Å²) < 4.78 is 20.4. The zero-order chi connectivity index (χ0) is 16.9. The Morgan fingerprint density at radius 2 is 2.29 bits per heavy atom. The predicted octanol–water partition coefficient (Wildman–Crippen LogP) is 3.93. The molecule has 0 spiro atoms. The molecule has 0 radical (unpaired) electrons. The number of amides is 1. The summed E-state index contributed by atoms with van der Waals surface area (Å²) in [5, 5.41) is 8.77. The van der Waals surface area contributed by atoms with Gasteiger partial charge in [0.2, 0.25) is 0 Å². The van der Waals surface area contributed by atoms with Gasteiger partial charge in [-0.25, -0.2) is 4.39 Å². The fourth-order valence-corrected chi connectivity index (χ4v) is 2.88. The van der Waals surface area contributed by atoms with E-state index in [9.17, 15) is 9.18 Å². The largest absolute Gasteiger partial charge is 0.489 e. The van der Waals surface area contributed by atoms with Gasteiger partial charge in [0.1, 0.15) is 18.2 Å². The Morgan fingerprint density at radius 3 is 3.04 bits per heavy atom. The standard InChI is InChI=1S/C17H16FN3O2S/c1-2-21-9-14(8-19-21)20-17(22)16-6-12(11-24-16)10-23-15-5-3-4-13(18)7-15/h3-9,11H,2,10H2,1H3,(H,20,22). The molecule has 1 N–H and O–H groups in total. The molecule has 24 heavy (non-hydrogen) atoms. The molecule has 3 rings (SSSR count). The van der Waals surface area contributed by atoms with Crippen LogP contribution in [0.5, 0.6) is 5.75 Å². The Bertz CT molecular complexity index is 844. The van der Waals surface area contributed by atoms with Crippen LogP contribution in [0.4, 0.5) is 10.1 Å². The number of nitrogens with zero attached hydrogens (tertiary/aromatic N) is 2. The molecule has 0 saturated carbocycles. The van der Waals surface area contributed by atoms with Gasteiger partial charge in [-0.1, -0.05) is 6.07 Å². The molecule has 3 aromatic rings. The highest BCUT2D eigenvalue weighted by molar-refractivity contribution is 7.12. The first-order valence-electron chi connectivity index (χ1n) is 7.43. The normalized spacial score (nSPS) is 10.6. The van der Waals surface area contributed by atoms with Crippen molar-refractivity contribution < 1.29 is 13.9 Å². The number of nitrogens with one attached hydrogen (secondary N) is 1. The maximum Gasteiger partial charge on any atom is 0.265 e. The number of hydrogen-bond acceptors (Lipinski definition) is 4. The number of carbonyl (C=O) groups is 1. The first-order valence-corrected chi connectivity index (χ1v) is 8.31. The number of carbonyl (C=O) groups excluding carboxylic acids is 1. The van der Waals surface area contributed by atoms with Crippen LogP contribution in [0, 0.1) is 5.82 Å². The van der Waals surface area contributed by atoms with E-state index in [1.807, 2.05) is 12.3 Å². The lowest BCUT2D eigenvalue weighted by atomic mass is 10.3. The summed E-state index contributed by atoms with van der Waals surface area (Å²) >= 11 is 1.33. The summed E-state index contributed by atoms with van der Waals surface area (Å²) in [5.41, 5.74) is 1.52. The Hall–Kier alpha value is -2.67. The van der Waals surface area contributed by atoms with Crippen molar-refractivity contribution in [2.75, 3.05) is 5.32 Å². The summed E-state index contributed by atoms with van der Waals surface area (Å²) in [7, 11) is 0. The minimum atomic E-state index is -0.342. The van der Waals surface area contributed by atoms with E-state index in [0.717, 1.165) is 12.1 Å². The molecule has 0 fully saturated rings. The lowest BCUT2D eigenvalue weighted by Crippen LogP contribution is -2.09. The minimum Gasteiger partial charge on any atom is -0.489 e. The fraction of sp³-hybridized carbons (Fsp3) is 0.176. The molecule has 0 saturated heterocycles. The van der Waals surface area contributed by atoms with Gasteiger partial charge in [-0.2, -0.15) is 5.10 Å². The highest BCUT2D eigenvalue weighted by Crippen LogP contribution is 2.19. The second-order valence-electron chi connectivity index (χ2n) is 5.10. The first-order chi connectivity index (χ1) is 11.6. The zero-order valence-corrected chi connectivity index (χ0v) is 13.8. The lowest BCUT2D eigenvalue weighted by Gasteiger charge is -2.04. The third-order valence-electron chi connectivity index (χ3n) is 3.29. The van der Waals surface area contributed by atoms with Crippen molar-refractivity contribution in [3.63, 3.8) is 0 Å². The third kappa shape index (κ3) is 3.99. The Labute approximate surface area is 142 Å². The van der Waals surface area contributed by atoms with Crippen molar-refractivity contribution >= 4 is 22.9 Å². The summed E-state index contributed by atoms with van der Waals surface area (Å²) in [5.74, 6) is -0.0719. The molecular formula is C17H16FN3O2S. The Morgan fingerprint density at radius 1 is 1.42 bits per heavy atom. The van der Waals surface area contributed by atoms with Crippen LogP contribution in [-0.4, -0.2) is 15.7 Å². The molecule has 0 unspecified atom stereocenters. The van der Waals surface area contributed by atoms with Gasteiger partial charge >= 0.3 is 0 Å². The Kier molecular flexibility index (Phi) is 4.90. The van der Waals surface area contributed by atoms with Crippen molar-refractivity contribution in [3.8, 4) is 5.75 Å². The summed E-state index contributed by atoms with van der Waals surface area (Å²) in [4.78, 5) is 12.8. The van der Waals surface area contributed by atoms with E-state index >= 15 is 0 Å². The van der Waals surface area contributed by atoms with Crippen molar-refractivity contribution in [2.24, 2.45) is 0 Å². The maximum absolute atomic E-state index is 13.1. The number of aromatic nitrogens is 2. The second kappa shape index (κ2) is 7.27. The second-order valence-corrected chi connectivity index (χ2v) is 6.02. The van der Waals surface area contributed by atoms with Gasteiger partial charge in [0.15, 0.2) is 0 Å². The van der Waals surface area contributed by atoms with E-state index in [4.69, 9.17) is 4.74 Å². The number of aryl methyl sites for hydroxylation is 1. The van der Waals surface area contributed by atoms with Gasteiger partial charge in [-0.15, -0.1) is 11.3 Å². The van der Waals surface area contributed by atoms with Crippen LogP contribution in [0.15, 0.2) is 48.1 Å². The van der Waals surface area contributed by atoms with E-state index < -0.39 is 0 Å². The molecule has 0 bridgehead atoms. The van der Waals surface area contributed by atoms with Crippen molar-refractivity contribution in [1.29, 1.82) is 0 Å². The number of ether oxygens (including phenoxy) is 1. The molecule has 0 aliphatic heterocycles. The SMILES string of the molecule is CCn1cc(NC(=O)c2cc(COc3cccc(F)c3)cs2)cn1. The maximum atomic E-state index is 13.1. The third-order valence-corrected chi connectivity index (χ3v) is 4.27. The van der Waals surface area contributed by atoms with E-state index in [1.54, 1.807) is 35.3 Å². The number of rotatable bonds is 6. The molecule has 5 nitrogen and oxygen atoms in total. The average Bonchev–Trinajstić information content (AvgIpc) is 3.22. The number of halogens is 1. The van der Waals surface area contributed by atoms with Gasteiger partial charge in [-0.3, -0.25) is 9.48 Å². The quantitative estimate of drug-likeness (QED) is 0.736. The van der Waals surface area contributed by atoms with Gasteiger partial charge < -0.3 is 10.1 Å². The predicted molar refractivity (Wildman–Crippen MR) is 90.9 cm³/mol. The van der Waals surface area contributed by atoms with E-state index in [1.165, 1.54) is 23.5 Å². The molecule has 0 aliphatic rings. The summed E-state index contributed by atoms with van der Waals surface area (Å²) in [6, 6.07) is 7.73. The van der Waals surface area contributed by atoms with Crippen LogP contribution in [0.2, 0.25) is 0 Å². The number of anilines is 1. The van der Waals surface area contributed by atoms with E-state index in [2.05, 4.69) is 10.4 Å². The molecule has 2 heterocycles. The van der Waals surface area contributed by atoms with E-state index in [-0.39, 0.29) is 18.3 Å². The van der Waals surface area contributed by atoms with Crippen molar-refractivity contribution in [2.45, 2.75) is 20.1 Å². The fourth-order valence-electron chi connectivity index (χ4n) is 2.09. The minimum absolute atomic E-state index is 0.187. The van der Waals surface area contributed by atoms with Gasteiger partial charge in [0.05, 0.1) is 16.8 Å². The topological polar surface area (TPSA) is 56.2 Å². The van der Waals surface area contributed by atoms with Crippen LogP contribution in [0.25, 0.3) is 0 Å². The summed E-state index contributed by atoms with van der Waals surface area (Å²) in [6.45, 7) is 3.00. The first kappa shape index (κ1) is 16.2. The lowest BCUT2D eigenvalue weighted by molar-refractivity contribution is 0.103. The molecule has 7 heteroatoms. The Balaban J connectivity index is 1.59. The monoisotopic (exact) mass is 345 g/mol. The van der Waals surface area contributed by atoms with E-state index in [0.29, 0.717) is 16.3 Å². The van der Waals surface area contributed by atoms with Gasteiger partial charge in [0, 0.05) is 24.4 Å². The molecule has 2 aromatic heterocycles. The smallest absolute Gasteiger partial charge is 0.265 e. The van der Waals surface area contributed by atoms with Crippen LogP contribution >= 0.6 is 11.3 Å². The van der Waals surface area contributed by atoms with Gasteiger partial charge in [0.25, 0.3) is 5.91 Å². The molecule has 1 aromatic carbocycles. The molecule has 0 atom stereocenters. The van der Waals surface area contributed by atoms with Crippen LogP contribution in [-0.2, 0) is 13.2 Å². The highest BCUT2D eigenvalue weighted by Gasteiger charge is 2.11. The number of thiophene rings is 1. The number of hydrogen-bond donors (Lipinski definition) is 1. The molecule has 0 aliphatic carbocycles. The average molecular weight is 345 g/mol. The molecule has 1 amide bonds. The van der Waals surface area contributed by atoms with Crippen molar-refractivity contribution in [3.05, 3.63) is 64.4 Å². The highest BCUT2D eigenvalue weighted by atomic mass is 32.1. The van der Waals surface area contributed by atoms with Crippen LogP contribution in [0.1, 0.15) is 22.2 Å². The zero-order valence-electron chi connectivity index (χ0n) is 13.0. The summed E-state index contributed by atoms with van der Waals surface area (Å²) in [6.07, 6.45) is 3.39. The van der Waals surface area contributed by atoms with Crippen molar-refractivity contribution in [1.82, 2.24) is 9.78 Å². The van der Waals surface area contributed by atoms with Crippen LogP contribution in [0.3, 0.4) is 0 Å². The van der Waals surface area contributed by atoms with Gasteiger partial charge in [-0.05, 0) is 30.5 Å². The van der Waals surface area contributed by atoms with Crippen LogP contribution < -0.4 is 10.1 Å². The molecule has 124 valence electrons. The number of benzene rings is 1. The molecular weight excluding hydrogens is 329 g/mol.